The molecule has 0 amide bonds. The number of nitrogens with zero attached hydrogens (tertiary/aromatic N) is 2. The van der Waals surface area contributed by atoms with E-state index in [0.717, 1.165) is 36.4 Å². The molecule has 24 heavy (non-hydrogen) atoms. The first kappa shape index (κ1) is 15.1. The van der Waals surface area contributed by atoms with Crippen LogP contribution >= 0.6 is 27.3 Å². The molecule has 4 aromatic rings. The Bertz CT molecular complexity index is 1060. The fraction of sp³-hybridized carbons (Fsp3) is 0. The summed E-state index contributed by atoms with van der Waals surface area (Å²) in [5.74, 6) is 0. The van der Waals surface area contributed by atoms with Crippen LogP contribution in [0.4, 0.5) is 0 Å². The van der Waals surface area contributed by atoms with Crippen molar-refractivity contribution in [1.82, 2.24) is 4.98 Å². The molecular formula is C20H11BrN2S. The SMILES string of the molecule is N#Cc1c(-c2ccccc2)sc2nc(Br)cc(-c3ccccc3)c12. The highest BCUT2D eigenvalue weighted by atomic mass is 79.9. The zero-order valence-electron chi connectivity index (χ0n) is 12.5. The van der Waals surface area contributed by atoms with Crippen molar-refractivity contribution in [3.63, 3.8) is 0 Å². The van der Waals surface area contributed by atoms with Crippen LogP contribution in [0.1, 0.15) is 5.56 Å². The van der Waals surface area contributed by atoms with Crippen molar-refractivity contribution in [3.05, 3.63) is 76.9 Å². The molecule has 0 atom stereocenters. The molecule has 0 N–H and O–H groups in total. The highest BCUT2D eigenvalue weighted by Crippen LogP contribution is 2.42. The highest BCUT2D eigenvalue weighted by Gasteiger charge is 2.19. The minimum Gasteiger partial charge on any atom is -0.230 e. The lowest BCUT2D eigenvalue weighted by atomic mass is 9.99. The molecule has 0 unspecified atom stereocenters. The zero-order valence-corrected chi connectivity index (χ0v) is 14.9. The van der Waals surface area contributed by atoms with Gasteiger partial charge in [-0.3, -0.25) is 0 Å². The lowest BCUT2D eigenvalue weighted by molar-refractivity contribution is 1.37. The van der Waals surface area contributed by atoms with Crippen LogP contribution in [0.25, 0.3) is 31.8 Å². The summed E-state index contributed by atoms with van der Waals surface area (Å²) in [6.45, 7) is 0. The van der Waals surface area contributed by atoms with Crippen LogP contribution in [-0.4, -0.2) is 4.98 Å². The van der Waals surface area contributed by atoms with Crippen LogP contribution in [0.3, 0.4) is 0 Å². The Balaban J connectivity index is 2.09. The van der Waals surface area contributed by atoms with E-state index in [0.29, 0.717) is 5.56 Å². The predicted octanol–water partition coefficient (Wildman–Crippen LogP) is 6.26. The third-order valence-electron chi connectivity index (χ3n) is 3.86. The molecule has 2 heterocycles. The predicted molar refractivity (Wildman–Crippen MR) is 103 cm³/mol. The average molecular weight is 391 g/mol. The number of hydrogen-bond acceptors (Lipinski definition) is 3. The van der Waals surface area contributed by atoms with Crippen molar-refractivity contribution in [2.45, 2.75) is 0 Å². The Morgan fingerprint density at radius 2 is 1.54 bits per heavy atom. The quantitative estimate of drug-likeness (QED) is 0.378. The van der Waals surface area contributed by atoms with Crippen LogP contribution < -0.4 is 0 Å². The van der Waals surface area contributed by atoms with Gasteiger partial charge in [0.25, 0.3) is 0 Å². The van der Waals surface area contributed by atoms with Crippen LogP contribution in [-0.2, 0) is 0 Å². The summed E-state index contributed by atoms with van der Waals surface area (Å²) < 4.78 is 0.777. The number of rotatable bonds is 2. The van der Waals surface area contributed by atoms with Gasteiger partial charge in [-0.2, -0.15) is 5.26 Å². The van der Waals surface area contributed by atoms with Gasteiger partial charge in [0, 0.05) is 5.39 Å². The molecule has 0 saturated heterocycles. The first-order valence-electron chi connectivity index (χ1n) is 7.42. The first-order chi connectivity index (χ1) is 11.8. The van der Waals surface area contributed by atoms with Gasteiger partial charge in [-0.25, -0.2) is 4.98 Å². The number of fused-ring (bicyclic) bond motifs is 1. The number of aromatic nitrogens is 1. The zero-order chi connectivity index (χ0) is 16.5. The van der Waals surface area contributed by atoms with E-state index >= 15 is 0 Å². The second-order valence-corrected chi connectivity index (χ2v) is 7.13. The van der Waals surface area contributed by atoms with Gasteiger partial charge in [-0.1, -0.05) is 60.7 Å². The van der Waals surface area contributed by atoms with E-state index in [-0.39, 0.29) is 0 Å². The minimum atomic E-state index is 0.694. The number of nitriles is 1. The summed E-state index contributed by atoms with van der Waals surface area (Å²) >= 11 is 5.07. The number of benzene rings is 2. The van der Waals surface area contributed by atoms with Crippen molar-refractivity contribution in [1.29, 1.82) is 5.26 Å². The van der Waals surface area contributed by atoms with Crippen LogP contribution in [0.15, 0.2) is 71.3 Å². The number of hydrogen-bond donors (Lipinski definition) is 0. The van der Waals surface area contributed by atoms with E-state index in [2.05, 4.69) is 39.1 Å². The van der Waals surface area contributed by atoms with Gasteiger partial charge in [0.2, 0.25) is 0 Å². The van der Waals surface area contributed by atoms with Crippen LogP contribution in [0.5, 0.6) is 0 Å². The van der Waals surface area contributed by atoms with E-state index in [1.165, 1.54) is 0 Å². The molecule has 0 fully saturated rings. The normalized spacial score (nSPS) is 10.7. The van der Waals surface area contributed by atoms with Crippen molar-refractivity contribution >= 4 is 37.5 Å². The smallest absolute Gasteiger partial charge is 0.127 e. The highest BCUT2D eigenvalue weighted by molar-refractivity contribution is 9.10. The molecule has 2 nitrogen and oxygen atoms in total. The maximum Gasteiger partial charge on any atom is 0.127 e. The maximum atomic E-state index is 9.82. The fourth-order valence-electron chi connectivity index (χ4n) is 2.81. The largest absolute Gasteiger partial charge is 0.230 e. The van der Waals surface area contributed by atoms with E-state index in [1.54, 1.807) is 11.3 Å². The van der Waals surface area contributed by atoms with Gasteiger partial charge in [-0.05, 0) is 38.7 Å². The third kappa shape index (κ3) is 2.52. The van der Waals surface area contributed by atoms with Gasteiger partial charge < -0.3 is 0 Å². The molecule has 114 valence electrons. The lowest BCUT2D eigenvalue weighted by Crippen LogP contribution is -1.85. The van der Waals surface area contributed by atoms with Crippen molar-refractivity contribution in [2.24, 2.45) is 0 Å². The molecule has 4 heteroatoms. The number of halogens is 1. The number of thiophene rings is 1. The fourth-order valence-corrected chi connectivity index (χ4v) is 4.49. The van der Waals surface area contributed by atoms with E-state index in [4.69, 9.17) is 0 Å². The Morgan fingerprint density at radius 1 is 0.917 bits per heavy atom. The van der Waals surface area contributed by atoms with Gasteiger partial charge in [-0.15, -0.1) is 11.3 Å². The lowest BCUT2D eigenvalue weighted by Gasteiger charge is -2.05. The van der Waals surface area contributed by atoms with Crippen molar-refractivity contribution in [2.75, 3.05) is 0 Å². The van der Waals surface area contributed by atoms with E-state index in [9.17, 15) is 5.26 Å². The minimum absolute atomic E-state index is 0.694. The Kier molecular flexibility index (Phi) is 3.89. The molecule has 4 rings (SSSR count). The molecular weight excluding hydrogens is 380 g/mol. The van der Waals surface area contributed by atoms with Gasteiger partial charge in [0.15, 0.2) is 0 Å². The molecule has 2 aromatic heterocycles. The van der Waals surface area contributed by atoms with E-state index in [1.807, 2.05) is 54.6 Å². The Morgan fingerprint density at radius 3 is 2.17 bits per heavy atom. The van der Waals surface area contributed by atoms with Crippen molar-refractivity contribution < 1.29 is 0 Å². The monoisotopic (exact) mass is 390 g/mol. The topological polar surface area (TPSA) is 36.7 Å². The molecule has 2 aromatic carbocycles. The average Bonchev–Trinajstić information content (AvgIpc) is 3.00. The summed E-state index contributed by atoms with van der Waals surface area (Å²) in [7, 11) is 0. The maximum absolute atomic E-state index is 9.82. The summed E-state index contributed by atoms with van der Waals surface area (Å²) in [6, 6.07) is 24.5. The van der Waals surface area contributed by atoms with E-state index < -0.39 is 0 Å². The molecule has 0 radical (unpaired) electrons. The second-order valence-electron chi connectivity index (χ2n) is 5.32. The summed E-state index contributed by atoms with van der Waals surface area (Å²) in [5.41, 5.74) is 3.86. The van der Waals surface area contributed by atoms with Crippen molar-refractivity contribution in [3.8, 4) is 27.6 Å². The van der Waals surface area contributed by atoms with Gasteiger partial charge in [0.1, 0.15) is 15.5 Å². The number of pyridine rings is 1. The Hall–Kier alpha value is -2.48. The third-order valence-corrected chi connectivity index (χ3v) is 5.40. The van der Waals surface area contributed by atoms with Crippen LogP contribution in [0.2, 0.25) is 0 Å². The molecule has 0 aliphatic carbocycles. The molecule has 0 aliphatic heterocycles. The Labute approximate surface area is 152 Å². The van der Waals surface area contributed by atoms with Gasteiger partial charge in [0.05, 0.1) is 10.4 Å². The molecule has 0 bridgehead atoms. The van der Waals surface area contributed by atoms with Crippen LogP contribution in [0, 0.1) is 11.3 Å². The van der Waals surface area contributed by atoms with Gasteiger partial charge >= 0.3 is 0 Å². The summed E-state index contributed by atoms with van der Waals surface area (Å²) in [4.78, 5) is 6.44. The standard InChI is InChI=1S/C20H11BrN2S/c21-17-11-15(13-7-3-1-4-8-13)18-16(12-22)19(24-20(18)23-17)14-9-5-2-6-10-14/h1-11H. The molecule has 0 spiro atoms. The second kappa shape index (κ2) is 6.20. The molecule has 0 aliphatic rings. The summed E-state index contributed by atoms with van der Waals surface area (Å²) in [6.07, 6.45) is 0. The molecule has 0 saturated carbocycles. The summed E-state index contributed by atoms with van der Waals surface area (Å²) in [5, 5.41) is 10.8. The first-order valence-corrected chi connectivity index (χ1v) is 9.03.